The monoisotopic (exact) mass is 196 g/mol. The van der Waals surface area contributed by atoms with Crippen LogP contribution in [0.1, 0.15) is 0 Å². The number of carboxylic acid groups (broad SMARTS) is 1. The molecule has 0 aromatic heterocycles. The van der Waals surface area contributed by atoms with Gasteiger partial charge in [0.2, 0.25) is 6.17 Å². The van der Waals surface area contributed by atoms with Crippen LogP contribution < -0.4 is 0 Å². The van der Waals surface area contributed by atoms with E-state index in [9.17, 15) is 13.6 Å². The van der Waals surface area contributed by atoms with E-state index < -0.39 is 18.0 Å². The average Bonchev–Trinajstić information content (AvgIpc) is 2.48. The highest BCUT2D eigenvalue weighted by Crippen LogP contribution is 2.30. The number of halogens is 2. The zero-order valence-electron chi connectivity index (χ0n) is 6.79. The van der Waals surface area contributed by atoms with Gasteiger partial charge in [0, 0.05) is 5.57 Å². The van der Waals surface area contributed by atoms with E-state index in [1.807, 2.05) is 0 Å². The van der Waals surface area contributed by atoms with Crippen LogP contribution in [0.5, 0.6) is 0 Å². The highest BCUT2D eigenvalue weighted by molar-refractivity contribution is 6.17. The van der Waals surface area contributed by atoms with E-state index in [4.69, 9.17) is 5.11 Å². The number of carboxylic acids is 1. The summed E-state index contributed by atoms with van der Waals surface area (Å²) in [6.45, 7) is 0. The van der Waals surface area contributed by atoms with Crippen LogP contribution in [0.4, 0.5) is 8.78 Å². The van der Waals surface area contributed by atoms with Crippen LogP contribution in [0.3, 0.4) is 0 Å². The lowest BCUT2D eigenvalue weighted by molar-refractivity contribution is -0.132. The van der Waals surface area contributed by atoms with E-state index in [2.05, 4.69) is 4.99 Å². The number of allylic oxidation sites excluding steroid dienone is 5. The molecule has 1 N–H and O–H groups in total. The van der Waals surface area contributed by atoms with Gasteiger partial charge in [-0.3, -0.25) is 0 Å². The molecule has 0 spiro atoms. The first-order valence-electron chi connectivity index (χ1n) is 3.73. The highest BCUT2D eigenvalue weighted by Gasteiger charge is 2.26. The van der Waals surface area contributed by atoms with E-state index in [1.54, 1.807) is 0 Å². The van der Waals surface area contributed by atoms with Crippen LogP contribution in [0.15, 0.2) is 40.3 Å². The van der Waals surface area contributed by atoms with Crippen LogP contribution in [0.2, 0.25) is 0 Å². The van der Waals surface area contributed by atoms with Crippen molar-refractivity contribution in [3.8, 4) is 0 Å². The molecule has 2 rings (SSSR count). The molecule has 0 saturated carbocycles. The van der Waals surface area contributed by atoms with Crippen LogP contribution in [0.25, 0.3) is 0 Å². The summed E-state index contributed by atoms with van der Waals surface area (Å²) in [5, 5.41) is 8.57. The smallest absolute Gasteiger partial charge is 0.354 e. The summed E-state index contributed by atoms with van der Waals surface area (Å²) in [6, 6.07) is 0. The van der Waals surface area contributed by atoms with Crippen molar-refractivity contribution in [3.63, 3.8) is 0 Å². The van der Waals surface area contributed by atoms with Crippen LogP contribution in [-0.2, 0) is 4.79 Å². The van der Waals surface area contributed by atoms with Gasteiger partial charge < -0.3 is 5.11 Å². The number of carbonyl (C=O) groups is 1. The maximum atomic E-state index is 12.7. The zero-order valence-corrected chi connectivity index (χ0v) is 6.79. The highest BCUT2D eigenvalue weighted by atomic mass is 19.2. The minimum absolute atomic E-state index is 0.140. The minimum Gasteiger partial charge on any atom is -0.477 e. The third-order valence-electron chi connectivity index (χ3n) is 1.82. The molecule has 2 aliphatic rings. The average molecular weight is 196 g/mol. The maximum absolute atomic E-state index is 12.7. The molecular weight excluding hydrogens is 192 g/mol. The van der Waals surface area contributed by atoms with Crippen molar-refractivity contribution < 1.29 is 18.7 Å². The number of aliphatic carboxylic acids is 1. The van der Waals surface area contributed by atoms with Gasteiger partial charge in [-0.25, -0.2) is 18.6 Å². The number of fused-ring (bicyclic) bond motifs is 1. The van der Waals surface area contributed by atoms with Crippen molar-refractivity contribution in [1.82, 2.24) is 0 Å². The van der Waals surface area contributed by atoms with Crippen molar-refractivity contribution >= 4 is 11.7 Å². The summed E-state index contributed by atoms with van der Waals surface area (Å²) in [4.78, 5) is 14.1. The van der Waals surface area contributed by atoms with Gasteiger partial charge >= 0.3 is 5.97 Å². The fraction of sp³-hybridized carbons (Fsp3) is 0. The molecule has 0 unspecified atom stereocenters. The molecule has 3 nitrogen and oxygen atoms in total. The second-order valence-electron chi connectivity index (χ2n) is 2.77. The van der Waals surface area contributed by atoms with Crippen LogP contribution in [-0.4, -0.2) is 16.8 Å². The first kappa shape index (κ1) is 8.80. The lowest BCUT2D eigenvalue weighted by Crippen LogP contribution is -2.03. The number of nitrogens with zero attached hydrogens (tertiary/aromatic N) is 1. The molecule has 1 heterocycles. The van der Waals surface area contributed by atoms with E-state index in [0.29, 0.717) is 0 Å². The van der Waals surface area contributed by atoms with Crippen molar-refractivity contribution in [2.24, 2.45) is 4.99 Å². The Balaban J connectivity index is 2.42. The zero-order chi connectivity index (χ0) is 10.3. The number of aliphatic imine (C=N–C) groups is 1. The largest absolute Gasteiger partial charge is 0.477 e. The Labute approximate surface area is 77.8 Å². The van der Waals surface area contributed by atoms with Gasteiger partial charge in [-0.15, -0.1) is 0 Å². The second kappa shape index (κ2) is 2.87. The molecule has 0 aromatic carbocycles. The fourth-order valence-electron chi connectivity index (χ4n) is 1.18. The lowest BCUT2D eigenvalue weighted by atomic mass is 10.0. The molecular formula is C9H4F2NO2. The van der Waals surface area contributed by atoms with Gasteiger partial charge in [0.1, 0.15) is 11.5 Å². The Morgan fingerprint density at radius 3 is 2.64 bits per heavy atom. The summed E-state index contributed by atoms with van der Waals surface area (Å²) in [5.41, 5.74) is 0.201. The van der Waals surface area contributed by atoms with Crippen molar-refractivity contribution in [1.29, 1.82) is 0 Å². The first-order valence-corrected chi connectivity index (χ1v) is 3.73. The molecule has 5 heteroatoms. The molecule has 14 heavy (non-hydrogen) atoms. The third kappa shape index (κ3) is 1.26. The Bertz CT molecular complexity index is 432. The molecule has 0 atom stereocenters. The Hall–Kier alpha value is -1.78. The van der Waals surface area contributed by atoms with Crippen LogP contribution >= 0.6 is 0 Å². The van der Waals surface area contributed by atoms with Crippen LogP contribution in [0, 0.1) is 6.17 Å². The number of rotatable bonds is 1. The molecule has 0 amide bonds. The van der Waals surface area contributed by atoms with Crippen molar-refractivity contribution in [3.05, 3.63) is 41.5 Å². The molecule has 0 fully saturated rings. The summed E-state index contributed by atoms with van der Waals surface area (Å²) in [7, 11) is 0. The van der Waals surface area contributed by atoms with Gasteiger partial charge in [0.25, 0.3) is 0 Å². The topological polar surface area (TPSA) is 49.7 Å². The van der Waals surface area contributed by atoms with E-state index >= 15 is 0 Å². The predicted molar refractivity (Wildman–Crippen MR) is 44.8 cm³/mol. The van der Waals surface area contributed by atoms with Gasteiger partial charge in [-0.05, 0) is 18.2 Å². The van der Waals surface area contributed by atoms with Gasteiger partial charge in [-0.1, -0.05) is 0 Å². The molecule has 1 radical (unpaired) electrons. The SMILES string of the molecule is O=C(O)C1=CC2=C[C](F)C(F)=CC2=N1. The Morgan fingerprint density at radius 1 is 1.29 bits per heavy atom. The fourth-order valence-corrected chi connectivity index (χ4v) is 1.18. The number of hydrogen-bond donors (Lipinski definition) is 1. The van der Waals surface area contributed by atoms with Gasteiger partial charge in [0.05, 0.1) is 5.71 Å². The lowest BCUT2D eigenvalue weighted by Gasteiger charge is -2.06. The minimum atomic E-state index is -1.22. The molecule has 0 aromatic rings. The van der Waals surface area contributed by atoms with Gasteiger partial charge in [-0.2, -0.15) is 0 Å². The first-order chi connectivity index (χ1) is 6.58. The predicted octanol–water partition coefficient (Wildman–Crippen LogP) is 1.70. The third-order valence-corrected chi connectivity index (χ3v) is 1.82. The van der Waals surface area contributed by atoms with E-state index in [1.165, 1.54) is 6.08 Å². The quantitative estimate of drug-likeness (QED) is 0.693. The van der Waals surface area contributed by atoms with E-state index in [0.717, 1.165) is 12.2 Å². The molecule has 0 saturated heterocycles. The second-order valence-corrected chi connectivity index (χ2v) is 2.77. The molecule has 1 aliphatic heterocycles. The van der Waals surface area contributed by atoms with Crippen molar-refractivity contribution in [2.45, 2.75) is 0 Å². The summed E-state index contributed by atoms with van der Waals surface area (Å²) in [5.74, 6) is -2.26. The molecule has 71 valence electrons. The summed E-state index contributed by atoms with van der Waals surface area (Å²) < 4.78 is 25.4. The molecule has 0 bridgehead atoms. The van der Waals surface area contributed by atoms with Gasteiger partial charge in [0.15, 0.2) is 0 Å². The molecule has 1 aliphatic carbocycles. The van der Waals surface area contributed by atoms with E-state index in [-0.39, 0.29) is 17.0 Å². The Kier molecular flexibility index (Phi) is 1.80. The maximum Gasteiger partial charge on any atom is 0.354 e. The summed E-state index contributed by atoms with van der Waals surface area (Å²) in [6.07, 6.45) is 1.98. The normalized spacial score (nSPS) is 20.7. The van der Waals surface area contributed by atoms with Crippen molar-refractivity contribution in [2.75, 3.05) is 0 Å². The number of hydrogen-bond acceptors (Lipinski definition) is 2. The Morgan fingerprint density at radius 2 is 2.00 bits per heavy atom. The standard InChI is InChI=1S/C9H4F2NO2/c10-5-1-4-2-8(9(13)14)12-7(4)3-6(5)11/h1-3H,(H,13,14). The summed E-state index contributed by atoms with van der Waals surface area (Å²) >= 11 is 0.